The summed E-state index contributed by atoms with van der Waals surface area (Å²) in [5.41, 5.74) is 1.35. The lowest BCUT2D eigenvalue weighted by Gasteiger charge is -2.22. The van der Waals surface area contributed by atoms with Crippen LogP contribution in [0.5, 0.6) is 0 Å². The number of sulfonamides is 1. The number of hydrogen-bond acceptors (Lipinski definition) is 6. The molecule has 0 aromatic carbocycles. The van der Waals surface area contributed by atoms with E-state index in [-0.39, 0.29) is 11.4 Å². The van der Waals surface area contributed by atoms with Crippen LogP contribution >= 0.6 is 0 Å². The normalized spacial score (nSPS) is 15.4. The van der Waals surface area contributed by atoms with Gasteiger partial charge in [0.05, 0.1) is 11.4 Å². The lowest BCUT2D eigenvalue weighted by molar-refractivity contribution is 0.0972. The summed E-state index contributed by atoms with van der Waals surface area (Å²) < 4.78 is 32.7. The second-order valence-corrected chi connectivity index (χ2v) is 7.47. The number of aryl methyl sites for hydroxylation is 2. The maximum Gasteiger partial charge on any atom is 0.282 e. The predicted molar refractivity (Wildman–Crippen MR) is 81.1 cm³/mol. The van der Waals surface area contributed by atoms with Crippen LogP contribution in [0.4, 0.5) is 0 Å². The number of oxazole rings is 1. The highest BCUT2D eigenvalue weighted by atomic mass is 32.2. The quantitative estimate of drug-likeness (QED) is 0.879. The van der Waals surface area contributed by atoms with Gasteiger partial charge in [0.2, 0.25) is 10.0 Å². The molecule has 9 heteroatoms. The zero-order valence-corrected chi connectivity index (χ0v) is 13.8. The van der Waals surface area contributed by atoms with E-state index >= 15 is 0 Å². The van der Waals surface area contributed by atoms with Gasteiger partial charge in [0, 0.05) is 13.0 Å². The van der Waals surface area contributed by atoms with Gasteiger partial charge in [0.1, 0.15) is 17.2 Å². The van der Waals surface area contributed by atoms with Gasteiger partial charge in [0.25, 0.3) is 5.91 Å². The van der Waals surface area contributed by atoms with Crippen molar-refractivity contribution in [2.24, 2.45) is 7.05 Å². The summed E-state index contributed by atoms with van der Waals surface area (Å²) in [5, 5.41) is 4.31. The van der Waals surface area contributed by atoms with Crippen LogP contribution in [0.2, 0.25) is 0 Å². The Morgan fingerprint density at radius 3 is 2.78 bits per heavy atom. The number of aromatic nitrogens is 3. The standard InChI is InChI=1S/C14H18N4O4S/c1-9-12(15-8-22-9)7-23(20,21)17-14(19)13-6-11(16-18(13)2)10-4-3-5-10/h6,8,10H,3-5,7H2,1-2H3,(H,17,19). The summed E-state index contributed by atoms with van der Waals surface area (Å²) in [6.45, 7) is 1.62. The average molecular weight is 338 g/mol. The molecule has 23 heavy (non-hydrogen) atoms. The molecule has 3 rings (SSSR count). The zero-order valence-electron chi connectivity index (χ0n) is 12.9. The molecule has 1 fully saturated rings. The fourth-order valence-corrected chi connectivity index (χ4v) is 3.58. The number of carbonyl (C=O) groups is 1. The topological polar surface area (TPSA) is 107 Å². The Labute approximate surface area is 133 Å². The molecule has 1 aliphatic rings. The van der Waals surface area contributed by atoms with Crippen molar-refractivity contribution >= 4 is 15.9 Å². The molecule has 0 saturated heterocycles. The van der Waals surface area contributed by atoms with Crippen LogP contribution in [0.1, 0.15) is 52.8 Å². The van der Waals surface area contributed by atoms with Crippen LogP contribution in [-0.4, -0.2) is 29.1 Å². The van der Waals surface area contributed by atoms with E-state index < -0.39 is 21.7 Å². The maximum atomic E-state index is 12.2. The molecule has 2 aromatic rings. The minimum absolute atomic E-state index is 0.229. The van der Waals surface area contributed by atoms with Crippen molar-refractivity contribution < 1.29 is 17.6 Å². The third-order valence-electron chi connectivity index (χ3n) is 4.07. The molecule has 0 aliphatic heterocycles. The fourth-order valence-electron chi connectivity index (χ4n) is 2.48. The van der Waals surface area contributed by atoms with Crippen molar-refractivity contribution in [1.29, 1.82) is 0 Å². The maximum absolute atomic E-state index is 12.2. The Morgan fingerprint density at radius 1 is 1.48 bits per heavy atom. The third-order valence-corrected chi connectivity index (χ3v) is 5.22. The molecule has 0 atom stereocenters. The number of rotatable bonds is 5. The summed E-state index contributed by atoms with van der Waals surface area (Å²) in [4.78, 5) is 16.1. The van der Waals surface area contributed by atoms with E-state index in [1.807, 2.05) is 0 Å². The van der Waals surface area contributed by atoms with E-state index in [0.29, 0.717) is 11.7 Å². The van der Waals surface area contributed by atoms with Gasteiger partial charge >= 0.3 is 0 Å². The van der Waals surface area contributed by atoms with Crippen LogP contribution in [-0.2, 0) is 22.8 Å². The minimum Gasteiger partial charge on any atom is -0.448 e. The fraction of sp³-hybridized carbons (Fsp3) is 0.500. The van der Waals surface area contributed by atoms with Gasteiger partial charge in [-0.1, -0.05) is 6.42 Å². The Balaban J connectivity index is 1.73. The number of nitrogens with zero attached hydrogens (tertiary/aromatic N) is 3. The van der Waals surface area contributed by atoms with Gasteiger partial charge < -0.3 is 4.42 Å². The Hall–Kier alpha value is -2.16. The zero-order chi connectivity index (χ0) is 16.6. The molecule has 0 bridgehead atoms. The van der Waals surface area contributed by atoms with Crippen LogP contribution in [0.3, 0.4) is 0 Å². The summed E-state index contributed by atoms with van der Waals surface area (Å²) in [6.07, 6.45) is 4.45. The first-order chi connectivity index (χ1) is 10.9. The molecule has 1 aliphatic carbocycles. The smallest absolute Gasteiger partial charge is 0.282 e. The predicted octanol–water partition coefficient (Wildman–Crippen LogP) is 1.24. The van der Waals surface area contributed by atoms with E-state index in [1.54, 1.807) is 20.0 Å². The molecule has 1 saturated carbocycles. The van der Waals surface area contributed by atoms with Gasteiger partial charge in [-0.3, -0.25) is 9.48 Å². The lowest BCUT2D eigenvalue weighted by atomic mass is 9.83. The van der Waals surface area contributed by atoms with Crippen molar-refractivity contribution in [3.8, 4) is 0 Å². The van der Waals surface area contributed by atoms with E-state index in [2.05, 4.69) is 14.8 Å². The van der Waals surface area contributed by atoms with Gasteiger partial charge in [-0.15, -0.1) is 0 Å². The molecule has 1 N–H and O–H groups in total. The highest BCUT2D eigenvalue weighted by molar-refractivity contribution is 7.89. The van der Waals surface area contributed by atoms with E-state index in [1.165, 1.54) is 11.1 Å². The molecule has 0 spiro atoms. The molecule has 2 heterocycles. The van der Waals surface area contributed by atoms with Crippen molar-refractivity contribution in [1.82, 2.24) is 19.5 Å². The summed E-state index contributed by atoms with van der Waals surface area (Å²) >= 11 is 0. The molecule has 2 aromatic heterocycles. The first-order valence-electron chi connectivity index (χ1n) is 7.33. The molecule has 8 nitrogen and oxygen atoms in total. The molecule has 1 amide bonds. The first-order valence-corrected chi connectivity index (χ1v) is 8.98. The van der Waals surface area contributed by atoms with Gasteiger partial charge in [-0.2, -0.15) is 5.10 Å². The first kappa shape index (κ1) is 15.7. The lowest BCUT2D eigenvalue weighted by Crippen LogP contribution is -2.33. The second-order valence-electron chi connectivity index (χ2n) is 5.75. The largest absolute Gasteiger partial charge is 0.448 e. The van der Waals surface area contributed by atoms with E-state index in [4.69, 9.17) is 4.42 Å². The monoisotopic (exact) mass is 338 g/mol. The third kappa shape index (κ3) is 3.29. The van der Waals surface area contributed by atoms with Crippen LogP contribution in [0.25, 0.3) is 0 Å². The average Bonchev–Trinajstić information content (AvgIpc) is 2.93. The van der Waals surface area contributed by atoms with Gasteiger partial charge in [-0.25, -0.2) is 18.1 Å². The number of amides is 1. The second kappa shape index (κ2) is 5.80. The summed E-state index contributed by atoms with van der Waals surface area (Å²) in [5.74, 6) is -0.312. The molecule has 0 radical (unpaired) electrons. The molecule has 124 valence electrons. The van der Waals surface area contributed by atoms with Gasteiger partial charge in [0.15, 0.2) is 6.39 Å². The summed E-state index contributed by atoms with van der Waals surface area (Å²) in [7, 11) is -2.23. The van der Waals surface area contributed by atoms with Crippen LogP contribution in [0, 0.1) is 6.92 Å². The summed E-state index contributed by atoms with van der Waals surface area (Å²) in [6, 6.07) is 1.66. The van der Waals surface area contributed by atoms with Crippen molar-refractivity contribution in [2.75, 3.05) is 0 Å². The van der Waals surface area contributed by atoms with Crippen molar-refractivity contribution in [2.45, 2.75) is 37.9 Å². The van der Waals surface area contributed by atoms with Crippen LogP contribution in [0.15, 0.2) is 16.9 Å². The Kier molecular flexibility index (Phi) is 3.97. The van der Waals surface area contributed by atoms with E-state index in [9.17, 15) is 13.2 Å². The molecule has 0 unspecified atom stereocenters. The Bertz CT molecular complexity index is 833. The Morgan fingerprint density at radius 2 is 2.22 bits per heavy atom. The number of nitrogens with one attached hydrogen (secondary N) is 1. The highest BCUT2D eigenvalue weighted by Gasteiger charge is 2.26. The number of hydrogen-bond donors (Lipinski definition) is 1. The number of carbonyl (C=O) groups excluding carboxylic acids is 1. The van der Waals surface area contributed by atoms with Crippen molar-refractivity contribution in [3.63, 3.8) is 0 Å². The minimum atomic E-state index is -3.86. The van der Waals surface area contributed by atoms with Gasteiger partial charge in [-0.05, 0) is 25.8 Å². The van der Waals surface area contributed by atoms with Crippen molar-refractivity contribution in [3.05, 3.63) is 35.3 Å². The van der Waals surface area contributed by atoms with Crippen LogP contribution < -0.4 is 4.72 Å². The molecular weight excluding hydrogens is 320 g/mol. The highest BCUT2D eigenvalue weighted by Crippen LogP contribution is 2.35. The SMILES string of the molecule is Cc1ocnc1CS(=O)(=O)NC(=O)c1cc(C2CCC2)nn1C. The molecular formula is C14H18N4O4S. The van der Waals surface area contributed by atoms with E-state index in [0.717, 1.165) is 25.0 Å².